The zero-order valence-corrected chi connectivity index (χ0v) is 16.1. The molecule has 0 radical (unpaired) electrons. The Morgan fingerprint density at radius 2 is 2.16 bits per heavy atom. The van der Waals surface area contributed by atoms with Gasteiger partial charge in [-0.1, -0.05) is 29.3 Å². The molecule has 1 aliphatic heterocycles. The third-order valence-electron chi connectivity index (χ3n) is 4.39. The van der Waals surface area contributed by atoms with Crippen molar-refractivity contribution in [1.82, 2.24) is 9.55 Å². The molecular weight excluding hydrogens is 379 g/mol. The molecule has 1 aromatic carbocycles. The van der Waals surface area contributed by atoms with Crippen LogP contribution in [0.1, 0.15) is 29.9 Å². The lowest BCUT2D eigenvalue weighted by molar-refractivity contribution is -0.0383. The van der Waals surface area contributed by atoms with Crippen molar-refractivity contribution in [2.24, 2.45) is 0 Å². The molecule has 0 bridgehead atoms. The fraction of sp³-hybridized carbons (Fsp3) is 0.333. The minimum Gasteiger partial charge on any atom is -0.370 e. The monoisotopic (exact) mass is 394 g/mol. The SMILES string of the molecule is CC1(C)Cc2sc3c(=O)n(Cc4ccc(Cl)cc4Cl)cnc3c2CO1. The van der Waals surface area contributed by atoms with Crippen molar-refractivity contribution in [2.75, 3.05) is 0 Å². The third kappa shape index (κ3) is 3.10. The van der Waals surface area contributed by atoms with Crippen LogP contribution in [0.4, 0.5) is 0 Å². The Balaban J connectivity index is 1.77. The molecule has 0 saturated carbocycles. The second-order valence-corrected chi connectivity index (χ2v) is 8.77. The maximum atomic E-state index is 12.9. The van der Waals surface area contributed by atoms with Crippen LogP contribution in [-0.2, 0) is 24.3 Å². The molecule has 4 nitrogen and oxygen atoms in total. The van der Waals surface area contributed by atoms with Crippen LogP contribution >= 0.6 is 34.5 Å². The van der Waals surface area contributed by atoms with Crippen molar-refractivity contribution < 1.29 is 4.74 Å². The predicted molar refractivity (Wildman–Crippen MR) is 102 cm³/mol. The van der Waals surface area contributed by atoms with Crippen LogP contribution < -0.4 is 5.56 Å². The van der Waals surface area contributed by atoms with Crippen molar-refractivity contribution in [2.45, 2.75) is 39.0 Å². The predicted octanol–water partition coefficient (Wildman–Crippen LogP) is 4.66. The van der Waals surface area contributed by atoms with E-state index in [1.54, 1.807) is 23.0 Å². The number of benzene rings is 1. The van der Waals surface area contributed by atoms with Gasteiger partial charge in [-0.15, -0.1) is 11.3 Å². The summed E-state index contributed by atoms with van der Waals surface area (Å²) in [5.74, 6) is 0. The first kappa shape index (κ1) is 17.0. The van der Waals surface area contributed by atoms with Gasteiger partial charge < -0.3 is 4.74 Å². The number of fused-ring (bicyclic) bond motifs is 3. The summed E-state index contributed by atoms with van der Waals surface area (Å²) >= 11 is 13.7. The first-order valence-corrected chi connectivity index (χ1v) is 9.49. The molecule has 0 spiro atoms. The zero-order chi connectivity index (χ0) is 17.8. The van der Waals surface area contributed by atoms with Crippen molar-refractivity contribution in [3.05, 3.63) is 60.9 Å². The van der Waals surface area contributed by atoms with E-state index in [1.165, 1.54) is 16.2 Å². The summed E-state index contributed by atoms with van der Waals surface area (Å²) in [4.78, 5) is 18.6. The first-order chi connectivity index (χ1) is 11.8. The Kier molecular flexibility index (Phi) is 4.15. The van der Waals surface area contributed by atoms with Crippen molar-refractivity contribution in [1.29, 1.82) is 0 Å². The summed E-state index contributed by atoms with van der Waals surface area (Å²) in [7, 11) is 0. The van der Waals surface area contributed by atoms with Crippen LogP contribution in [0, 0.1) is 0 Å². The van der Waals surface area contributed by atoms with Crippen LogP contribution in [0.15, 0.2) is 29.3 Å². The number of hydrogen-bond donors (Lipinski definition) is 0. The second kappa shape index (κ2) is 6.09. The molecule has 0 aliphatic carbocycles. The lowest BCUT2D eigenvalue weighted by Gasteiger charge is -2.29. The Morgan fingerprint density at radius 1 is 1.36 bits per heavy atom. The summed E-state index contributed by atoms with van der Waals surface area (Å²) in [6, 6.07) is 5.28. The van der Waals surface area contributed by atoms with Gasteiger partial charge in [0.1, 0.15) is 4.70 Å². The molecule has 2 aromatic heterocycles. The van der Waals surface area contributed by atoms with Gasteiger partial charge in [0, 0.05) is 26.9 Å². The van der Waals surface area contributed by atoms with Gasteiger partial charge in [-0.3, -0.25) is 9.36 Å². The van der Waals surface area contributed by atoms with E-state index in [-0.39, 0.29) is 11.2 Å². The summed E-state index contributed by atoms with van der Waals surface area (Å²) in [5, 5.41) is 1.11. The number of hydrogen-bond acceptors (Lipinski definition) is 4. The average molecular weight is 395 g/mol. The summed E-state index contributed by atoms with van der Waals surface area (Å²) < 4.78 is 8.15. The highest BCUT2D eigenvalue weighted by Gasteiger charge is 2.30. The summed E-state index contributed by atoms with van der Waals surface area (Å²) in [6.45, 7) is 4.99. The molecule has 130 valence electrons. The molecule has 3 heterocycles. The van der Waals surface area contributed by atoms with Gasteiger partial charge in [-0.05, 0) is 31.5 Å². The number of aromatic nitrogens is 2. The summed E-state index contributed by atoms with van der Waals surface area (Å²) in [5.41, 5.74) is 2.39. The fourth-order valence-electron chi connectivity index (χ4n) is 3.04. The van der Waals surface area contributed by atoms with Crippen LogP contribution in [0.5, 0.6) is 0 Å². The number of rotatable bonds is 2. The van der Waals surface area contributed by atoms with E-state index < -0.39 is 0 Å². The lowest BCUT2D eigenvalue weighted by atomic mass is 9.98. The molecule has 0 N–H and O–H groups in total. The quantitative estimate of drug-likeness (QED) is 0.634. The maximum absolute atomic E-state index is 12.9. The number of thiophene rings is 1. The highest BCUT2D eigenvalue weighted by Crippen LogP contribution is 2.36. The van der Waals surface area contributed by atoms with E-state index in [4.69, 9.17) is 27.9 Å². The van der Waals surface area contributed by atoms with Gasteiger partial charge in [-0.25, -0.2) is 4.98 Å². The van der Waals surface area contributed by atoms with Crippen molar-refractivity contribution in [3.63, 3.8) is 0 Å². The van der Waals surface area contributed by atoms with Gasteiger partial charge >= 0.3 is 0 Å². The molecule has 0 unspecified atom stereocenters. The molecule has 0 fully saturated rings. The number of ether oxygens (including phenoxy) is 1. The molecule has 0 saturated heterocycles. The average Bonchev–Trinajstić information content (AvgIpc) is 2.89. The minimum atomic E-state index is -0.205. The standard InChI is InChI=1S/C18H16Cl2N2O2S/c1-18(2)6-14-12(8-24-18)15-16(25-14)17(23)22(9-21-15)7-10-3-4-11(19)5-13(10)20/h3-5,9H,6-8H2,1-2H3. The van der Waals surface area contributed by atoms with Crippen molar-refractivity contribution in [3.8, 4) is 0 Å². The number of halogens is 2. The largest absolute Gasteiger partial charge is 0.370 e. The van der Waals surface area contributed by atoms with Gasteiger partial charge in [0.2, 0.25) is 0 Å². The molecule has 0 amide bonds. The van der Waals surface area contributed by atoms with E-state index >= 15 is 0 Å². The maximum Gasteiger partial charge on any atom is 0.271 e. The van der Waals surface area contributed by atoms with E-state index in [0.717, 1.165) is 23.1 Å². The molecule has 3 aromatic rings. The van der Waals surface area contributed by atoms with Gasteiger partial charge in [0.05, 0.1) is 30.6 Å². The van der Waals surface area contributed by atoms with Gasteiger partial charge in [0.25, 0.3) is 5.56 Å². The van der Waals surface area contributed by atoms with Gasteiger partial charge in [-0.2, -0.15) is 0 Å². The lowest BCUT2D eigenvalue weighted by Crippen LogP contribution is -2.30. The Morgan fingerprint density at radius 3 is 2.92 bits per heavy atom. The van der Waals surface area contributed by atoms with Crippen LogP contribution in [0.3, 0.4) is 0 Å². The minimum absolute atomic E-state index is 0.0479. The first-order valence-electron chi connectivity index (χ1n) is 7.92. The highest BCUT2D eigenvalue weighted by atomic mass is 35.5. The Hall–Kier alpha value is -1.40. The third-order valence-corrected chi connectivity index (χ3v) is 6.19. The molecule has 4 rings (SSSR count). The zero-order valence-electron chi connectivity index (χ0n) is 13.8. The second-order valence-electron chi connectivity index (χ2n) is 6.82. The molecule has 0 atom stereocenters. The summed E-state index contributed by atoms with van der Waals surface area (Å²) in [6.07, 6.45) is 2.38. The Labute approximate surface area is 159 Å². The highest BCUT2D eigenvalue weighted by molar-refractivity contribution is 7.19. The number of nitrogens with zero attached hydrogens (tertiary/aromatic N) is 2. The normalized spacial score (nSPS) is 16.2. The van der Waals surface area contributed by atoms with Crippen molar-refractivity contribution >= 4 is 44.8 Å². The molecular formula is C18H16Cl2N2O2S. The van der Waals surface area contributed by atoms with E-state index in [2.05, 4.69) is 18.8 Å². The van der Waals surface area contributed by atoms with Crippen LogP contribution in [0.25, 0.3) is 10.2 Å². The van der Waals surface area contributed by atoms with E-state index in [9.17, 15) is 4.79 Å². The molecule has 1 aliphatic rings. The smallest absolute Gasteiger partial charge is 0.271 e. The molecule has 7 heteroatoms. The van der Waals surface area contributed by atoms with Crippen LogP contribution in [0.2, 0.25) is 10.0 Å². The Bertz CT molecular complexity index is 1040. The van der Waals surface area contributed by atoms with Gasteiger partial charge in [0.15, 0.2) is 0 Å². The van der Waals surface area contributed by atoms with E-state index in [0.29, 0.717) is 27.9 Å². The van der Waals surface area contributed by atoms with E-state index in [1.807, 2.05) is 6.07 Å². The fourth-order valence-corrected chi connectivity index (χ4v) is 4.93. The topological polar surface area (TPSA) is 44.1 Å². The van der Waals surface area contributed by atoms with Crippen LogP contribution in [-0.4, -0.2) is 15.2 Å². The molecule has 25 heavy (non-hydrogen) atoms.